The predicted octanol–water partition coefficient (Wildman–Crippen LogP) is -0.430. The molecule has 0 aromatic rings. The van der Waals surface area contributed by atoms with Gasteiger partial charge in [0, 0.05) is 19.4 Å². The minimum absolute atomic E-state index is 0.105. The normalized spacial score (nSPS) is 36.6. The molecule has 2 aliphatic heterocycles. The van der Waals surface area contributed by atoms with Gasteiger partial charge in [-0.05, 0) is 19.8 Å². The van der Waals surface area contributed by atoms with Crippen LogP contribution in [0.1, 0.15) is 65.7 Å². The van der Waals surface area contributed by atoms with Gasteiger partial charge in [-0.3, -0.25) is 4.79 Å². The van der Waals surface area contributed by atoms with Gasteiger partial charge < -0.3 is 49.6 Å². The summed E-state index contributed by atoms with van der Waals surface area (Å²) in [4.78, 5) is 11.9. The van der Waals surface area contributed by atoms with Gasteiger partial charge in [-0.2, -0.15) is 0 Å². The first-order chi connectivity index (χ1) is 15.7. The second-order valence-electron chi connectivity index (χ2n) is 8.16. The Morgan fingerprint density at radius 1 is 0.848 bits per heavy atom. The number of carbonyl (C=O) groups excluding carboxylic acids is 1. The summed E-state index contributed by atoms with van der Waals surface area (Å²) in [5, 5.41) is 57.9. The highest BCUT2D eigenvalue weighted by Crippen LogP contribution is 2.23. The summed E-state index contributed by atoms with van der Waals surface area (Å²) in [6, 6.07) is 0. The molecule has 0 radical (unpaired) electrons. The molecule has 2 rings (SSSR count). The molecule has 2 aliphatic rings. The number of esters is 1. The van der Waals surface area contributed by atoms with Gasteiger partial charge in [0.15, 0.2) is 6.29 Å². The van der Waals surface area contributed by atoms with Crippen molar-refractivity contribution in [2.45, 2.75) is 121 Å². The molecule has 11 heteroatoms. The SMILES string of the molecule is CC.CC1OC(OCCCCCCCC(=O)OC2OC(CO)C(O)C(O)C2O)[C@@H](O)C[C@H]1O. The highest BCUT2D eigenvalue weighted by molar-refractivity contribution is 5.69. The zero-order valence-corrected chi connectivity index (χ0v) is 19.8. The van der Waals surface area contributed by atoms with E-state index in [0.717, 1.165) is 25.7 Å². The maximum Gasteiger partial charge on any atom is 0.308 e. The minimum atomic E-state index is -1.60. The molecule has 2 heterocycles. The number of unbranched alkanes of at least 4 members (excludes halogenated alkanes) is 4. The van der Waals surface area contributed by atoms with Crippen LogP contribution in [0.15, 0.2) is 0 Å². The topological polar surface area (TPSA) is 175 Å². The summed E-state index contributed by atoms with van der Waals surface area (Å²) in [6.07, 6.45) is -5.73. The molecule has 0 spiro atoms. The lowest BCUT2D eigenvalue weighted by atomic mass is 9.99. The van der Waals surface area contributed by atoms with Crippen LogP contribution in [0.2, 0.25) is 0 Å². The monoisotopic (exact) mass is 482 g/mol. The fourth-order valence-electron chi connectivity index (χ4n) is 3.55. The second kappa shape index (κ2) is 15.9. The van der Waals surface area contributed by atoms with Crippen LogP contribution in [-0.4, -0.2) is 105 Å². The van der Waals surface area contributed by atoms with Gasteiger partial charge in [-0.1, -0.05) is 33.1 Å². The molecule has 7 unspecified atom stereocenters. The zero-order valence-electron chi connectivity index (χ0n) is 19.8. The van der Waals surface area contributed by atoms with Crippen molar-refractivity contribution < 1.29 is 54.4 Å². The Morgan fingerprint density at radius 2 is 1.48 bits per heavy atom. The van der Waals surface area contributed by atoms with Crippen LogP contribution in [-0.2, 0) is 23.7 Å². The molecule has 0 aromatic heterocycles. The molecular formula is C22H42O11. The van der Waals surface area contributed by atoms with E-state index in [0.29, 0.717) is 13.0 Å². The summed E-state index contributed by atoms with van der Waals surface area (Å²) >= 11 is 0. The predicted molar refractivity (Wildman–Crippen MR) is 116 cm³/mol. The van der Waals surface area contributed by atoms with Crippen LogP contribution >= 0.6 is 0 Å². The van der Waals surface area contributed by atoms with E-state index in [4.69, 9.17) is 24.1 Å². The number of aliphatic hydroxyl groups is 6. The smallest absolute Gasteiger partial charge is 0.308 e. The van der Waals surface area contributed by atoms with Crippen LogP contribution in [0, 0.1) is 0 Å². The molecule has 33 heavy (non-hydrogen) atoms. The maximum absolute atomic E-state index is 11.9. The van der Waals surface area contributed by atoms with Gasteiger partial charge in [0.1, 0.15) is 30.5 Å². The molecule has 2 fully saturated rings. The summed E-state index contributed by atoms with van der Waals surface area (Å²) in [5.74, 6) is -0.604. The van der Waals surface area contributed by atoms with E-state index in [9.17, 15) is 30.3 Å². The van der Waals surface area contributed by atoms with Crippen LogP contribution in [0.25, 0.3) is 0 Å². The van der Waals surface area contributed by atoms with Crippen molar-refractivity contribution in [3.8, 4) is 0 Å². The van der Waals surface area contributed by atoms with Gasteiger partial charge >= 0.3 is 5.97 Å². The lowest BCUT2D eigenvalue weighted by Gasteiger charge is -2.39. The van der Waals surface area contributed by atoms with Gasteiger partial charge in [0.2, 0.25) is 6.29 Å². The second-order valence-corrected chi connectivity index (χ2v) is 8.16. The van der Waals surface area contributed by atoms with Crippen molar-refractivity contribution in [3.05, 3.63) is 0 Å². The average Bonchev–Trinajstić information content (AvgIpc) is 2.80. The molecular weight excluding hydrogens is 440 g/mol. The highest BCUT2D eigenvalue weighted by Gasteiger charge is 2.45. The van der Waals surface area contributed by atoms with Crippen molar-refractivity contribution in [2.24, 2.45) is 0 Å². The lowest BCUT2D eigenvalue weighted by molar-refractivity contribution is -0.292. The minimum Gasteiger partial charge on any atom is -0.433 e. The van der Waals surface area contributed by atoms with Crippen LogP contribution in [0.4, 0.5) is 0 Å². The Bertz CT molecular complexity index is 532. The van der Waals surface area contributed by atoms with Crippen molar-refractivity contribution in [2.75, 3.05) is 13.2 Å². The van der Waals surface area contributed by atoms with Crippen LogP contribution in [0.5, 0.6) is 0 Å². The molecule has 0 saturated carbocycles. The molecule has 6 N–H and O–H groups in total. The van der Waals surface area contributed by atoms with Gasteiger partial charge in [0.25, 0.3) is 0 Å². The Hall–Kier alpha value is -0.890. The number of carbonyl (C=O) groups is 1. The number of hydrogen-bond acceptors (Lipinski definition) is 11. The quantitative estimate of drug-likeness (QED) is 0.166. The molecule has 0 amide bonds. The van der Waals surface area contributed by atoms with E-state index in [1.54, 1.807) is 6.92 Å². The third-order valence-electron chi connectivity index (χ3n) is 5.59. The first-order valence-corrected chi connectivity index (χ1v) is 11.9. The molecule has 2 saturated heterocycles. The van der Waals surface area contributed by atoms with Crippen molar-refractivity contribution in [3.63, 3.8) is 0 Å². The van der Waals surface area contributed by atoms with E-state index in [-0.39, 0.29) is 18.9 Å². The lowest BCUT2D eigenvalue weighted by Crippen LogP contribution is -2.59. The molecule has 0 aliphatic carbocycles. The van der Waals surface area contributed by atoms with E-state index < -0.39 is 61.8 Å². The van der Waals surface area contributed by atoms with Gasteiger partial charge in [-0.25, -0.2) is 0 Å². The van der Waals surface area contributed by atoms with Gasteiger partial charge in [0.05, 0.1) is 18.8 Å². The van der Waals surface area contributed by atoms with Gasteiger partial charge in [-0.15, -0.1) is 0 Å². The summed E-state index contributed by atoms with van der Waals surface area (Å²) < 4.78 is 21.1. The summed E-state index contributed by atoms with van der Waals surface area (Å²) in [6.45, 7) is 5.56. The first-order valence-electron chi connectivity index (χ1n) is 11.9. The highest BCUT2D eigenvalue weighted by atomic mass is 16.7. The first kappa shape index (κ1) is 30.1. The fraction of sp³-hybridized carbons (Fsp3) is 0.955. The van der Waals surface area contributed by atoms with Crippen LogP contribution in [0.3, 0.4) is 0 Å². The average molecular weight is 483 g/mol. The molecule has 0 aromatic carbocycles. The number of hydrogen-bond donors (Lipinski definition) is 6. The Morgan fingerprint density at radius 3 is 2.15 bits per heavy atom. The number of rotatable bonds is 11. The Labute approximate surface area is 195 Å². The fourth-order valence-corrected chi connectivity index (χ4v) is 3.55. The number of aliphatic hydroxyl groups excluding tert-OH is 6. The van der Waals surface area contributed by atoms with Crippen molar-refractivity contribution in [1.29, 1.82) is 0 Å². The number of ether oxygens (including phenoxy) is 4. The summed E-state index contributed by atoms with van der Waals surface area (Å²) in [7, 11) is 0. The van der Waals surface area contributed by atoms with E-state index >= 15 is 0 Å². The van der Waals surface area contributed by atoms with Crippen molar-refractivity contribution >= 4 is 5.97 Å². The van der Waals surface area contributed by atoms with E-state index in [2.05, 4.69) is 0 Å². The Kier molecular flexibility index (Phi) is 14.5. The Balaban J connectivity index is 0.00000265. The standard InChI is InChI=1S/C20H36O11.C2H6/c1-11-12(22)9-13(23)19(29-11)28-8-6-4-2-3-5-7-15(24)31-20-18(27)17(26)16(25)14(10-21)30-20;1-2/h11-14,16-23,25-27H,2-10H2,1H3;1-2H3/t11?,12-,13+,14?,16?,17?,18?,19?,20?;/m1./s1. The van der Waals surface area contributed by atoms with E-state index in [1.165, 1.54) is 0 Å². The molecule has 196 valence electrons. The third-order valence-corrected chi connectivity index (χ3v) is 5.59. The maximum atomic E-state index is 11.9. The zero-order chi connectivity index (χ0) is 25.0. The largest absolute Gasteiger partial charge is 0.433 e. The van der Waals surface area contributed by atoms with Crippen LogP contribution < -0.4 is 0 Å². The van der Waals surface area contributed by atoms with Crippen molar-refractivity contribution in [1.82, 2.24) is 0 Å². The molecule has 9 atom stereocenters. The third kappa shape index (κ3) is 9.71. The summed E-state index contributed by atoms with van der Waals surface area (Å²) in [5.41, 5.74) is 0. The van der Waals surface area contributed by atoms with E-state index in [1.807, 2.05) is 13.8 Å². The molecule has 0 bridgehead atoms. The molecule has 11 nitrogen and oxygen atoms in total.